The molecular formula is C61H102O6. The molecule has 0 radical (unpaired) electrons. The van der Waals surface area contributed by atoms with E-state index in [4.69, 9.17) is 14.2 Å². The Hall–Kier alpha value is -3.67. The lowest BCUT2D eigenvalue weighted by molar-refractivity contribution is -0.167. The molecule has 6 heteroatoms. The Kier molecular flexibility index (Phi) is 51.9. The van der Waals surface area contributed by atoms with Gasteiger partial charge in [0.2, 0.25) is 0 Å². The predicted molar refractivity (Wildman–Crippen MR) is 288 cm³/mol. The molecule has 0 saturated carbocycles. The van der Waals surface area contributed by atoms with Gasteiger partial charge in [0.15, 0.2) is 6.10 Å². The molecular weight excluding hydrogens is 829 g/mol. The maximum atomic E-state index is 12.8. The van der Waals surface area contributed by atoms with Gasteiger partial charge in [-0.05, 0) is 116 Å². The van der Waals surface area contributed by atoms with Crippen LogP contribution in [0.2, 0.25) is 0 Å². The van der Waals surface area contributed by atoms with E-state index in [0.29, 0.717) is 19.3 Å². The number of hydrogen-bond acceptors (Lipinski definition) is 6. The summed E-state index contributed by atoms with van der Waals surface area (Å²) in [5.41, 5.74) is 0. The molecule has 0 amide bonds. The zero-order valence-electron chi connectivity index (χ0n) is 43.6. The molecule has 0 saturated heterocycles. The van der Waals surface area contributed by atoms with Gasteiger partial charge in [0, 0.05) is 19.3 Å². The van der Waals surface area contributed by atoms with Crippen molar-refractivity contribution < 1.29 is 28.6 Å². The van der Waals surface area contributed by atoms with E-state index in [2.05, 4.69) is 118 Å². The van der Waals surface area contributed by atoms with E-state index in [0.717, 1.165) is 83.5 Å². The van der Waals surface area contributed by atoms with Gasteiger partial charge in [0.25, 0.3) is 0 Å². The van der Waals surface area contributed by atoms with Gasteiger partial charge in [-0.2, -0.15) is 0 Å². The number of carbonyl (C=O) groups excluding carboxylic acids is 3. The zero-order chi connectivity index (χ0) is 48.6. The van der Waals surface area contributed by atoms with Crippen molar-refractivity contribution in [3.8, 4) is 0 Å². The highest BCUT2D eigenvalue weighted by atomic mass is 16.6. The second-order valence-electron chi connectivity index (χ2n) is 18.1. The fourth-order valence-corrected chi connectivity index (χ4v) is 7.33. The number of ether oxygens (including phenoxy) is 3. The van der Waals surface area contributed by atoms with Gasteiger partial charge in [0.05, 0.1) is 0 Å². The average molecular weight is 931 g/mol. The van der Waals surface area contributed by atoms with Gasteiger partial charge in [-0.3, -0.25) is 14.4 Å². The van der Waals surface area contributed by atoms with Gasteiger partial charge in [-0.1, -0.05) is 214 Å². The second kappa shape index (κ2) is 54.9. The summed E-state index contributed by atoms with van der Waals surface area (Å²) >= 11 is 0. The van der Waals surface area contributed by atoms with Crippen LogP contribution in [0.25, 0.3) is 0 Å². The summed E-state index contributed by atoms with van der Waals surface area (Å²) in [5.74, 6) is -1.04. The van der Waals surface area contributed by atoms with E-state index >= 15 is 0 Å². The largest absolute Gasteiger partial charge is 0.462 e. The van der Waals surface area contributed by atoms with Crippen LogP contribution in [0.3, 0.4) is 0 Å². The highest BCUT2D eigenvalue weighted by Gasteiger charge is 2.19. The number of unbranched alkanes of at least 4 members (excludes halogenated alkanes) is 22. The van der Waals surface area contributed by atoms with Crippen molar-refractivity contribution >= 4 is 17.9 Å². The summed E-state index contributed by atoms with van der Waals surface area (Å²) in [6, 6.07) is 0. The standard InChI is InChI=1S/C61H102O6/c1-4-7-10-13-16-19-22-25-28-30-33-36-39-42-45-48-51-54-60(63)66-57-58(56-65-59(62)53-50-47-44-41-38-35-32-27-24-21-18-15-12-9-6-3)67-61(64)55-52-49-46-43-40-37-34-31-29-26-23-20-17-14-11-8-5-2/h18,21,25-29,32-34,36-37,42-43,45-46,58H,4-17,19-20,22-24,30-31,35,38-41,44,47-57H2,1-3H3/b21-18-,28-25-,29-26-,32-27-,36-33-,37-34-,45-42-,46-43-/t58-/m1/s1. The Morgan fingerprint density at radius 2 is 0.552 bits per heavy atom. The SMILES string of the molecule is CCCCC/C=C\C/C=C\CCCCCCCC(=O)OC[C@H](COC(=O)CCC/C=C\C/C=C\C/C=C\CCCCCCCC)OC(=O)CCC/C=C\C/C=C\C/C=C\CCCCCCCC. The van der Waals surface area contributed by atoms with Crippen molar-refractivity contribution in [1.82, 2.24) is 0 Å². The van der Waals surface area contributed by atoms with Gasteiger partial charge < -0.3 is 14.2 Å². The molecule has 0 spiro atoms. The summed E-state index contributed by atoms with van der Waals surface area (Å²) < 4.78 is 16.7. The van der Waals surface area contributed by atoms with Crippen LogP contribution in [0.1, 0.15) is 252 Å². The maximum absolute atomic E-state index is 12.8. The molecule has 0 aliphatic rings. The molecule has 0 aromatic heterocycles. The fourth-order valence-electron chi connectivity index (χ4n) is 7.33. The predicted octanol–water partition coefficient (Wildman–Crippen LogP) is 18.5. The van der Waals surface area contributed by atoms with Gasteiger partial charge in [0.1, 0.15) is 13.2 Å². The molecule has 0 heterocycles. The normalized spacial score (nSPS) is 12.8. The van der Waals surface area contributed by atoms with Crippen molar-refractivity contribution in [2.75, 3.05) is 13.2 Å². The van der Waals surface area contributed by atoms with Crippen molar-refractivity contribution in [2.45, 2.75) is 258 Å². The highest BCUT2D eigenvalue weighted by molar-refractivity contribution is 5.71. The lowest BCUT2D eigenvalue weighted by Gasteiger charge is -2.18. The summed E-state index contributed by atoms with van der Waals surface area (Å²) in [4.78, 5) is 38.0. The number of esters is 3. The second-order valence-corrected chi connectivity index (χ2v) is 18.1. The molecule has 67 heavy (non-hydrogen) atoms. The molecule has 0 bridgehead atoms. The third-order valence-corrected chi connectivity index (χ3v) is 11.5. The van der Waals surface area contributed by atoms with E-state index in [1.807, 2.05) is 0 Å². The molecule has 0 rings (SSSR count). The molecule has 0 aromatic carbocycles. The summed E-state index contributed by atoms with van der Waals surface area (Å²) in [6.07, 6.45) is 72.6. The van der Waals surface area contributed by atoms with E-state index in [1.54, 1.807) is 0 Å². The Balaban J connectivity index is 4.57. The van der Waals surface area contributed by atoms with Crippen LogP contribution in [-0.2, 0) is 28.6 Å². The van der Waals surface area contributed by atoms with Crippen LogP contribution in [0.15, 0.2) is 97.2 Å². The lowest BCUT2D eigenvalue weighted by Crippen LogP contribution is -2.30. The van der Waals surface area contributed by atoms with Crippen LogP contribution in [-0.4, -0.2) is 37.2 Å². The van der Waals surface area contributed by atoms with Gasteiger partial charge in [-0.25, -0.2) is 0 Å². The highest BCUT2D eigenvalue weighted by Crippen LogP contribution is 2.12. The molecule has 382 valence electrons. The Morgan fingerprint density at radius 3 is 0.925 bits per heavy atom. The van der Waals surface area contributed by atoms with Crippen molar-refractivity contribution in [3.05, 3.63) is 97.2 Å². The smallest absolute Gasteiger partial charge is 0.306 e. The topological polar surface area (TPSA) is 78.9 Å². The number of allylic oxidation sites excluding steroid dienone is 16. The molecule has 0 aromatic rings. The zero-order valence-corrected chi connectivity index (χ0v) is 43.6. The summed E-state index contributed by atoms with van der Waals surface area (Å²) in [6.45, 7) is 6.50. The molecule has 0 unspecified atom stereocenters. The number of carbonyl (C=O) groups is 3. The molecule has 1 atom stereocenters. The lowest BCUT2D eigenvalue weighted by atomic mass is 10.1. The Morgan fingerprint density at radius 1 is 0.299 bits per heavy atom. The van der Waals surface area contributed by atoms with Crippen LogP contribution < -0.4 is 0 Å². The average Bonchev–Trinajstić information content (AvgIpc) is 3.33. The first-order valence-electron chi connectivity index (χ1n) is 27.7. The fraction of sp³-hybridized carbons (Fsp3) is 0.689. The Labute approximate surface area is 413 Å². The quantitative estimate of drug-likeness (QED) is 0.0262. The molecule has 0 N–H and O–H groups in total. The molecule has 0 aliphatic heterocycles. The van der Waals surface area contributed by atoms with Crippen molar-refractivity contribution in [3.63, 3.8) is 0 Å². The van der Waals surface area contributed by atoms with E-state index in [1.165, 1.54) is 116 Å². The minimum atomic E-state index is -0.831. The summed E-state index contributed by atoms with van der Waals surface area (Å²) in [7, 11) is 0. The van der Waals surface area contributed by atoms with Crippen LogP contribution >= 0.6 is 0 Å². The first kappa shape index (κ1) is 63.3. The summed E-state index contributed by atoms with van der Waals surface area (Å²) in [5, 5.41) is 0. The minimum Gasteiger partial charge on any atom is -0.462 e. The maximum Gasteiger partial charge on any atom is 0.306 e. The van der Waals surface area contributed by atoms with Gasteiger partial charge in [-0.15, -0.1) is 0 Å². The van der Waals surface area contributed by atoms with Crippen molar-refractivity contribution in [2.24, 2.45) is 0 Å². The third kappa shape index (κ3) is 53.2. The van der Waals surface area contributed by atoms with E-state index in [-0.39, 0.29) is 44.0 Å². The molecule has 6 nitrogen and oxygen atoms in total. The van der Waals surface area contributed by atoms with Crippen LogP contribution in [0.5, 0.6) is 0 Å². The first-order chi connectivity index (χ1) is 33.0. The van der Waals surface area contributed by atoms with Crippen LogP contribution in [0.4, 0.5) is 0 Å². The number of hydrogen-bond donors (Lipinski definition) is 0. The Bertz CT molecular complexity index is 1350. The first-order valence-corrected chi connectivity index (χ1v) is 27.7. The third-order valence-electron chi connectivity index (χ3n) is 11.5. The van der Waals surface area contributed by atoms with Crippen LogP contribution in [0, 0.1) is 0 Å². The number of rotatable bonds is 49. The van der Waals surface area contributed by atoms with Crippen molar-refractivity contribution in [1.29, 1.82) is 0 Å². The minimum absolute atomic E-state index is 0.121. The van der Waals surface area contributed by atoms with Gasteiger partial charge >= 0.3 is 17.9 Å². The van der Waals surface area contributed by atoms with E-state index in [9.17, 15) is 14.4 Å². The van der Waals surface area contributed by atoms with E-state index < -0.39 is 6.10 Å². The monoisotopic (exact) mass is 931 g/mol. The molecule has 0 fully saturated rings. The molecule has 0 aliphatic carbocycles.